The molecule has 0 aliphatic carbocycles. The highest BCUT2D eigenvalue weighted by Gasteiger charge is 2.26. The minimum absolute atomic E-state index is 0.355. The Morgan fingerprint density at radius 2 is 2.10 bits per heavy atom. The SMILES string of the molecule is CCc1nnc(N2CCCC(C)C2)c(C(=O)O)c1CC. The van der Waals surface area contributed by atoms with Crippen LogP contribution in [-0.4, -0.2) is 34.4 Å². The zero-order chi connectivity index (χ0) is 14.7. The summed E-state index contributed by atoms with van der Waals surface area (Å²) < 4.78 is 0. The summed E-state index contributed by atoms with van der Waals surface area (Å²) in [4.78, 5) is 13.8. The lowest BCUT2D eigenvalue weighted by Crippen LogP contribution is -2.36. The molecule has 1 unspecified atom stereocenters. The second-order valence-electron chi connectivity index (χ2n) is 5.53. The third kappa shape index (κ3) is 2.76. The number of aromatic carboxylic acids is 1. The van der Waals surface area contributed by atoms with Crippen LogP contribution in [0.5, 0.6) is 0 Å². The molecule has 2 heterocycles. The van der Waals surface area contributed by atoms with E-state index in [2.05, 4.69) is 22.0 Å². The molecule has 0 spiro atoms. The predicted molar refractivity (Wildman–Crippen MR) is 78.4 cm³/mol. The van der Waals surface area contributed by atoms with E-state index >= 15 is 0 Å². The second-order valence-corrected chi connectivity index (χ2v) is 5.53. The van der Waals surface area contributed by atoms with Crippen LogP contribution in [0.15, 0.2) is 0 Å². The van der Waals surface area contributed by atoms with Gasteiger partial charge in [0.1, 0.15) is 5.56 Å². The molecule has 20 heavy (non-hydrogen) atoms. The van der Waals surface area contributed by atoms with Crippen molar-refractivity contribution < 1.29 is 9.90 Å². The number of carboxylic acids is 1. The molecule has 1 aliphatic rings. The lowest BCUT2D eigenvalue weighted by molar-refractivity contribution is 0.0695. The van der Waals surface area contributed by atoms with Crippen molar-refractivity contribution in [2.75, 3.05) is 18.0 Å². The Labute approximate surface area is 120 Å². The number of carboxylic acid groups (broad SMARTS) is 1. The summed E-state index contributed by atoms with van der Waals surface area (Å²) in [5, 5.41) is 18.1. The van der Waals surface area contributed by atoms with Gasteiger partial charge in [-0.1, -0.05) is 20.8 Å². The predicted octanol–water partition coefficient (Wildman–Crippen LogP) is 2.54. The van der Waals surface area contributed by atoms with Crippen LogP contribution in [0, 0.1) is 5.92 Å². The van der Waals surface area contributed by atoms with E-state index in [1.54, 1.807) is 0 Å². The summed E-state index contributed by atoms with van der Waals surface area (Å²) in [6, 6.07) is 0. The van der Waals surface area contributed by atoms with Crippen LogP contribution < -0.4 is 4.90 Å². The van der Waals surface area contributed by atoms with Gasteiger partial charge in [0.25, 0.3) is 0 Å². The Hall–Kier alpha value is -1.65. The Morgan fingerprint density at radius 1 is 1.35 bits per heavy atom. The fourth-order valence-electron chi connectivity index (χ4n) is 2.99. The molecule has 0 aromatic carbocycles. The van der Waals surface area contributed by atoms with Crippen LogP contribution in [0.2, 0.25) is 0 Å². The zero-order valence-electron chi connectivity index (χ0n) is 12.5. The van der Waals surface area contributed by atoms with E-state index in [9.17, 15) is 9.90 Å². The standard InChI is InChI=1S/C15H23N3O2/c1-4-11-12(5-2)16-17-14(13(11)15(19)20)18-8-6-7-10(3)9-18/h10H,4-9H2,1-3H3,(H,19,20). The van der Waals surface area contributed by atoms with Gasteiger partial charge in [-0.15, -0.1) is 5.10 Å². The molecule has 1 saturated heterocycles. The van der Waals surface area contributed by atoms with Crippen molar-refractivity contribution in [3.8, 4) is 0 Å². The molecular weight excluding hydrogens is 254 g/mol. The topological polar surface area (TPSA) is 66.3 Å². The zero-order valence-corrected chi connectivity index (χ0v) is 12.5. The maximum atomic E-state index is 11.7. The van der Waals surface area contributed by atoms with Gasteiger partial charge in [-0.25, -0.2) is 4.79 Å². The van der Waals surface area contributed by atoms with E-state index in [1.165, 1.54) is 6.42 Å². The molecule has 0 amide bonds. The Bertz CT molecular complexity index is 502. The summed E-state index contributed by atoms with van der Waals surface area (Å²) in [6.45, 7) is 7.89. The third-order valence-electron chi connectivity index (χ3n) is 4.00. The quantitative estimate of drug-likeness (QED) is 0.916. The molecule has 1 fully saturated rings. The van der Waals surface area contributed by atoms with Crippen LogP contribution in [0.3, 0.4) is 0 Å². The highest BCUT2D eigenvalue weighted by Crippen LogP contribution is 2.27. The summed E-state index contributed by atoms with van der Waals surface area (Å²) in [5.41, 5.74) is 2.00. The van der Waals surface area contributed by atoms with Crippen LogP contribution in [0.4, 0.5) is 5.82 Å². The van der Waals surface area contributed by atoms with Gasteiger partial charge < -0.3 is 10.0 Å². The molecule has 1 aliphatic heterocycles. The first kappa shape index (κ1) is 14.8. The monoisotopic (exact) mass is 277 g/mol. The molecule has 5 heteroatoms. The molecule has 0 radical (unpaired) electrons. The lowest BCUT2D eigenvalue weighted by atomic mass is 9.98. The molecule has 1 aromatic rings. The van der Waals surface area contributed by atoms with Crippen LogP contribution in [0.25, 0.3) is 0 Å². The third-order valence-corrected chi connectivity index (χ3v) is 4.00. The smallest absolute Gasteiger partial charge is 0.339 e. The molecule has 110 valence electrons. The van der Waals surface area contributed by atoms with Crippen molar-refractivity contribution in [2.45, 2.75) is 46.5 Å². The average Bonchev–Trinajstić information content (AvgIpc) is 2.45. The number of aryl methyl sites for hydroxylation is 1. The van der Waals surface area contributed by atoms with Gasteiger partial charge >= 0.3 is 5.97 Å². The van der Waals surface area contributed by atoms with E-state index in [4.69, 9.17) is 0 Å². The van der Waals surface area contributed by atoms with Gasteiger partial charge in [0.15, 0.2) is 5.82 Å². The maximum Gasteiger partial charge on any atom is 0.339 e. The lowest BCUT2D eigenvalue weighted by Gasteiger charge is -2.32. The number of hydrogen-bond donors (Lipinski definition) is 1. The number of piperidine rings is 1. The van der Waals surface area contributed by atoms with Gasteiger partial charge in [-0.05, 0) is 37.2 Å². The molecule has 0 saturated carbocycles. The average molecular weight is 277 g/mol. The fourth-order valence-corrected chi connectivity index (χ4v) is 2.99. The maximum absolute atomic E-state index is 11.7. The van der Waals surface area contributed by atoms with Gasteiger partial charge in [-0.3, -0.25) is 0 Å². The molecule has 2 rings (SSSR count). The minimum atomic E-state index is -0.889. The number of anilines is 1. The first-order chi connectivity index (χ1) is 9.58. The van der Waals surface area contributed by atoms with E-state index in [1.807, 2.05) is 13.8 Å². The summed E-state index contributed by atoms with van der Waals surface area (Å²) in [6.07, 6.45) is 3.67. The van der Waals surface area contributed by atoms with Gasteiger partial charge in [0, 0.05) is 13.1 Å². The first-order valence-electron chi connectivity index (χ1n) is 7.45. The summed E-state index contributed by atoms with van der Waals surface area (Å²) >= 11 is 0. The number of aromatic nitrogens is 2. The number of nitrogens with zero attached hydrogens (tertiary/aromatic N) is 3. The van der Waals surface area contributed by atoms with Crippen molar-refractivity contribution in [1.82, 2.24) is 10.2 Å². The number of carbonyl (C=O) groups is 1. The van der Waals surface area contributed by atoms with Crippen LogP contribution >= 0.6 is 0 Å². The Kier molecular flexibility index (Phi) is 4.57. The highest BCUT2D eigenvalue weighted by molar-refractivity contribution is 5.95. The van der Waals surface area contributed by atoms with Crippen molar-refractivity contribution in [2.24, 2.45) is 5.92 Å². The van der Waals surface area contributed by atoms with Gasteiger partial charge in [0.05, 0.1) is 5.69 Å². The van der Waals surface area contributed by atoms with E-state index < -0.39 is 5.97 Å². The van der Waals surface area contributed by atoms with Gasteiger partial charge in [-0.2, -0.15) is 5.10 Å². The molecule has 1 N–H and O–H groups in total. The molecule has 1 atom stereocenters. The normalized spacial score (nSPS) is 19.1. The molecule has 0 bridgehead atoms. The van der Waals surface area contributed by atoms with E-state index in [-0.39, 0.29) is 0 Å². The van der Waals surface area contributed by atoms with E-state index in [0.717, 1.165) is 30.8 Å². The van der Waals surface area contributed by atoms with Crippen molar-refractivity contribution in [1.29, 1.82) is 0 Å². The van der Waals surface area contributed by atoms with Crippen molar-refractivity contribution >= 4 is 11.8 Å². The van der Waals surface area contributed by atoms with Crippen molar-refractivity contribution in [3.63, 3.8) is 0 Å². The Balaban J connectivity index is 2.49. The summed E-state index contributed by atoms with van der Waals surface area (Å²) in [7, 11) is 0. The van der Waals surface area contributed by atoms with Crippen LogP contribution in [-0.2, 0) is 12.8 Å². The minimum Gasteiger partial charge on any atom is -0.478 e. The largest absolute Gasteiger partial charge is 0.478 e. The van der Waals surface area contributed by atoms with Crippen molar-refractivity contribution in [3.05, 3.63) is 16.8 Å². The number of hydrogen-bond acceptors (Lipinski definition) is 4. The Morgan fingerprint density at radius 3 is 2.65 bits per heavy atom. The fraction of sp³-hybridized carbons (Fsp3) is 0.667. The first-order valence-corrected chi connectivity index (χ1v) is 7.45. The van der Waals surface area contributed by atoms with E-state index in [0.29, 0.717) is 30.1 Å². The summed E-state index contributed by atoms with van der Waals surface area (Å²) in [5.74, 6) is 0.237. The molecule has 5 nitrogen and oxygen atoms in total. The molecule has 1 aromatic heterocycles. The number of rotatable bonds is 4. The van der Waals surface area contributed by atoms with Gasteiger partial charge in [0.2, 0.25) is 0 Å². The second kappa shape index (κ2) is 6.20. The van der Waals surface area contributed by atoms with Crippen LogP contribution in [0.1, 0.15) is 55.2 Å². The molecular formula is C15H23N3O2. The highest BCUT2D eigenvalue weighted by atomic mass is 16.4.